The van der Waals surface area contributed by atoms with E-state index in [-0.39, 0.29) is 28.3 Å². The van der Waals surface area contributed by atoms with Crippen LogP contribution in [0.4, 0.5) is 0 Å². The molecular weight excluding hydrogens is 477 g/mol. The Morgan fingerprint density at radius 3 is 1.89 bits per heavy atom. The Bertz CT molecular complexity index is 633. The second kappa shape index (κ2) is 14.9. The molecule has 0 aliphatic carbocycles. The molecule has 1 fully saturated rings. The highest BCUT2D eigenvalue weighted by Crippen LogP contribution is 2.57. The number of carbonyl (C=O) groups is 1. The van der Waals surface area contributed by atoms with E-state index in [0.29, 0.717) is 0 Å². The molecule has 0 N–H and O–H groups in total. The minimum atomic E-state index is -1.89. The highest BCUT2D eigenvalue weighted by molar-refractivity contribution is 6.83. The quantitative estimate of drug-likeness (QED) is 0.0928. The molecule has 0 saturated carbocycles. The largest absolute Gasteiger partial charge is 0.461 e. The maximum absolute atomic E-state index is 13.2. The number of cyclic esters (lactones) is 1. The van der Waals surface area contributed by atoms with Crippen LogP contribution in [0.5, 0.6) is 0 Å². The van der Waals surface area contributed by atoms with E-state index >= 15 is 0 Å². The van der Waals surface area contributed by atoms with Gasteiger partial charge >= 0.3 is 5.97 Å². The first kappa shape index (κ1) is 33.9. The first-order valence-electron chi connectivity index (χ1n) is 15.5. The molecule has 1 saturated heterocycles. The van der Waals surface area contributed by atoms with E-state index in [1.807, 2.05) is 0 Å². The number of carbonyl (C=O) groups excluding carboxylic acids is 1. The zero-order valence-corrected chi connectivity index (χ0v) is 28.4. The van der Waals surface area contributed by atoms with Gasteiger partial charge in [0.25, 0.3) is 0 Å². The van der Waals surface area contributed by atoms with E-state index in [4.69, 9.17) is 9.16 Å². The Morgan fingerprint density at radius 2 is 1.39 bits per heavy atom. The van der Waals surface area contributed by atoms with Crippen molar-refractivity contribution in [3.63, 3.8) is 0 Å². The van der Waals surface area contributed by atoms with Crippen LogP contribution in [0.15, 0.2) is 0 Å². The Morgan fingerprint density at radius 1 is 0.861 bits per heavy atom. The van der Waals surface area contributed by atoms with Crippen LogP contribution in [0, 0.1) is 5.92 Å². The number of rotatable bonds is 19. The molecule has 0 amide bonds. The number of hydrogen-bond acceptors (Lipinski definition) is 3. The third-order valence-corrected chi connectivity index (χ3v) is 17.2. The average Bonchev–Trinajstić information content (AvgIpc) is 2.72. The van der Waals surface area contributed by atoms with Crippen molar-refractivity contribution in [3.05, 3.63) is 0 Å². The molecule has 0 bridgehead atoms. The lowest BCUT2D eigenvalue weighted by Crippen LogP contribution is -2.63. The standard InChI is InChI=1S/C31H64O3Si2/c1-12-13-14-16-20-23-27(34-36(10,11)30(4,5)6)25-28-31(29(32)33-28,35(7,8)9)24-21-18-15-17-19-22-26(2)3/h26-28H,12-25H2,1-11H3/t27-,28+,31+/m1/s1. The van der Waals surface area contributed by atoms with Crippen molar-refractivity contribution in [2.75, 3.05) is 0 Å². The summed E-state index contributed by atoms with van der Waals surface area (Å²) in [6.07, 6.45) is 17.4. The zero-order chi connectivity index (χ0) is 27.6. The lowest BCUT2D eigenvalue weighted by atomic mass is 9.85. The summed E-state index contributed by atoms with van der Waals surface area (Å²) in [4.78, 5) is 13.2. The van der Waals surface area contributed by atoms with Crippen LogP contribution >= 0.6 is 0 Å². The van der Waals surface area contributed by atoms with Crippen molar-refractivity contribution in [2.24, 2.45) is 5.92 Å². The molecule has 0 spiro atoms. The van der Waals surface area contributed by atoms with Crippen molar-refractivity contribution in [3.8, 4) is 0 Å². The first-order valence-corrected chi connectivity index (χ1v) is 21.9. The predicted molar refractivity (Wildman–Crippen MR) is 163 cm³/mol. The summed E-state index contributed by atoms with van der Waals surface area (Å²) in [6.45, 7) is 25.8. The average molecular weight is 541 g/mol. The molecule has 214 valence electrons. The summed E-state index contributed by atoms with van der Waals surface area (Å²) < 4.78 is 13.0. The van der Waals surface area contributed by atoms with Crippen LogP contribution in [0.1, 0.15) is 131 Å². The highest BCUT2D eigenvalue weighted by atomic mass is 28.4. The van der Waals surface area contributed by atoms with Crippen molar-refractivity contribution in [1.29, 1.82) is 0 Å². The monoisotopic (exact) mass is 540 g/mol. The first-order chi connectivity index (χ1) is 16.6. The van der Waals surface area contributed by atoms with Gasteiger partial charge in [0.05, 0.1) is 13.1 Å². The number of hydrogen-bond donors (Lipinski definition) is 0. The Labute approximate surface area is 228 Å². The SMILES string of the molecule is CCCCCCC[C@H](C[C@@H]1OC(=O)[C@@]1(CCCCCCCC(C)C)[Si](C)(C)C)O[Si](C)(C)C(C)(C)C. The second-order valence-electron chi connectivity index (χ2n) is 14.8. The maximum atomic E-state index is 13.2. The fraction of sp³-hybridized carbons (Fsp3) is 0.968. The van der Waals surface area contributed by atoms with E-state index < -0.39 is 16.4 Å². The van der Waals surface area contributed by atoms with Crippen LogP contribution in [0.25, 0.3) is 0 Å². The minimum absolute atomic E-state index is 0.0445. The molecule has 5 heteroatoms. The molecule has 3 nitrogen and oxygen atoms in total. The predicted octanol–water partition coefficient (Wildman–Crippen LogP) is 10.5. The van der Waals surface area contributed by atoms with Gasteiger partial charge in [-0.2, -0.15) is 0 Å². The summed E-state index contributed by atoms with van der Waals surface area (Å²) in [7, 11) is -3.66. The molecule has 0 unspecified atom stereocenters. The van der Waals surface area contributed by atoms with Gasteiger partial charge in [0.15, 0.2) is 8.32 Å². The lowest BCUT2D eigenvalue weighted by Gasteiger charge is -2.55. The van der Waals surface area contributed by atoms with Crippen LogP contribution in [-0.4, -0.2) is 34.6 Å². The minimum Gasteiger partial charge on any atom is -0.461 e. The fourth-order valence-electron chi connectivity index (χ4n) is 5.60. The topological polar surface area (TPSA) is 35.5 Å². The number of ether oxygens (including phenoxy) is 1. The molecule has 36 heavy (non-hydrogen) atoms. The van der Waals surface area contributed by atoms with Crippen molar-refractivity contribution in [1.82, 2.24) is 0 Å². The highest BCUT2D eigenvalue weighted by Gasteiger charge is 2.64. The Kier molecular flexibility index (Phi) is 14.0. The van der Waals surface area contributed by atoms with Crippen molar-refractivity contribution in [2.45, 2.75) is 186 Å². The fourth-order valence-corrected chi connectivity index (χ4v) is 9.75. The third kappa shape index (κ3) is 9.87. The van der Waals surface area contributed by atoms with Crippen LogP contribution < -0.4 is 0 Å². The van der Waals surface area contributed by atoms with E-state index in [1.54, 1.807) is 0 Å². The Hall–Kier alpha value is -0.136. The van der Waals surface area contributed by atoms with Gasteiger partial charge in [0, 0.05) is 12.5 Å². The van der Waals surface area contributed by atoms with Crippen LogP contribution in [0.2, 0.25) is 42.8 Å². The summed E-state index contributed by atoms with van der Waals surface area (Å²) in [6, 6.07) is 0. The van der Waals surface area contributed by atoms with Crippen LogP contribution in [-0.2, 0) is 14.0 Å². The van der Waals surface area contributed by atoms with Gasteiger partial charge in [0.1, 0.15) is 6.10 Å². The molecule has 1 aliphatic heterocycles. The van der Waals surface area contributed by atoms with Gasteiger partial charge < -0.3 is 9.16 Å². The van der Waals surface area contributed by atoms with E-state index in [2.05, 4.69) is 74.3 Å². The van der Waals surface area contributed by atoms with Crippen molar-refractivity contribution >= 4 is 22.4 Å². The Balaban J connectivity index is 2.88. The summed E-state index contributed by atoms with van der Waals surface area (Å²) >= 11 is 0. The zero-order valence-electron chi connectivity index (χ0n) is 26.4. The second-order valence-corrected chi connectivity index (χ2v) is 24.9. The van der Waals surface area contributed by atoms with Crippen LogP contribution in [0.3, 0.4) is 0 Å². The molecule has 0 aromatic rings. The molecule has 0 aromatic carbocycles. The van der Waals surface area contributed by atoms with Gasteiger partial charge in [0.2, 0.25) is 0 Å². The molecule has 1 heterocycles. The third-order valence-electron chi connectivity index (χ3n) is 9.23. The van der Waals surface area contributed by atoms with E-state index in [9.17, 15) is 4.79 Å². The van der Waals surface area contributed by atoms with Gasteiger partial charge in [-0.1, -0.05) is 132 Å². The van der Waals surface area contributed by atoms with E-state index in [0.717, 1.165) is 31.6 Å². The number of unbranched alkanes of at least 4 members (excludes halogenated alkanes) is 8. The molecule has 1 rings (SSSR count). The molecular formula is C31H64O3Si2. The van der Waals surface area contributed by atoms with Gasteiger partial charge in [-0.15, -0.1) is 0 Å². The maximum Gasteiger partial charge on any atom is 0.313 e. The molecule has 3 atom stereocenters. The summed E-state index contributed by atoms with van der Waals surface area (Å²) in [5, 5.41) is -0.0443. The van der Waals surface area contributed by atoms with Gasteiger partial charge in [-0.3, -0.25) is 4.79 Å². The number of esters is 1. The summed E-state index contributed by atoms with van der Waals surface area (Å²) in [5.74, 6) is 0.902. The lowest BCUT2D eigenvalue weighted by molar-refractivity contribution is -0.186. The molecule has 1 aliphatic rings. The summed E-state index contributed by atoms with van der Waals surface area (Å²) in [5.41, 5.74) is 0. The van der Waals surface area contributed by atoms with Gasteiger partial charge in [-0.05, 0) is 36.9 Å². The van der Waals surface area contributed by atoms with E-state index in [1.165, 1.54) is 64.2 Å². The normalized spacial score (nSPS) is 22.0. The molecule has 0 aromatic heterocycles. The van der Waals surface area contributed by atoms with Crippen molar-refractivity contribution < 1.29 is 14.0 Å². The molecule has 0 radical (unpaired) electrons. The van der Waals surface area contributed by atoms with Gasteiger partial charge in [-0.25, -0.2) is 0 Å². The smallest absolute Gasteiger partial charge is 0.313 e.